The topological polar surface area (TPSA) is 97.5 Å². The smallest absolute Gasteiger partial charge is 0.282 e. The van der Waals surface area contributed by atoms with Gasteiger partial charge in [0.1, 0.15) is 14.9 Å². The van der Waals surface area contributed by atoms with Crippen LogP contribution < -0.4 is 0 Å². The zero-order valence-electron chi connectivity index (χ0n) is 6.85. The summed E-state index contributed by atoms with van der Waals surface area (Å²) in [6.07, 6.45) is 0. The molecule has 0 saturated heterocycles. The molecule has 1 aromatic rings. The van der Waals surface area contributed by atoms with E-state index in [2.05, 4.69) is 0 Å². The maximum Gasteiger partial charge on any atom is 0.307 e. The van der Waals surface area contributed by atoms with Crippen molar-refractivity contribution in [2.45, 2.75) is 4.90 Å². The predicted octanol–water partition coefficient (Wildman–Crippen LogP) is 2.15. The molecule has 1 aromatic carbocycles. The van der Waals surface area contributed by atoms with Gasteiger partial charge in [-0.2, -0.15) is 8.42 Å². The van der Waals surface area contributed by atoms with E-state index >= 15 is 0 Å². The fraction of sp³-hybridized carbons (Fsp3) is 0. The maximum absolute atomic E-state index is 10.7. The molecule has 0 heterocycles. The van der Waals surface area contributed by atoms with Gasteiger partial charge < -0.3 is 0 Å². The second kappa shape index (κ2) is 3.93. The summed E-state index contributed by atoms with van der Waals surface area (Å²) in [5.74, 6) is 0. The molecule has 0 amide bonds. The van der Waals surface area contributed by atoms with E-state index in [1.165, 1.54) is 0 Å². The van der Waals surface area contributed by atoms with Crippen LogP contribution in [0.3, 0.4) is 0 Å². The Morgan fingerprint density at radius 3 is 2.27 bits per heavy atom. The zero-order valence-corrected chi connectivity index (χ0v) is 9.17. The lowest BCUT2D eigenvalue weighted by Crippen LogP contribution is -2.01. The van der Waals surface area contributed by atoms with Gasteiger partial charge >= 0.3 is 5.69 Å². The number of nitrogens with zero attached hydrogens (tertiary/aromatic N) is 1. The molecule has 82 valence electrons. The van der Waals surface area contributed by atoms with E-state index in [4.69, 9.17) is 27.8 Å². The highest BCUT2D eigenvalue weighted by atomic mass is 35.5. The van der Waals surface area contributed by atoms with Gasteiger partial charge in [0.25, 0.3) is 10.1 Å². The molecule has 0 saturated carbocycles. The summed E-state index contributed by atoms with van der Waals surface area (Å²) in [6, 6.07) is 1.85. The van der Waals surface area contributed by atoms with Crippen LogP contribution in [0, 0.1) is 10.1 Å². The van der Waals surface area contributed by atoms with Crippen molar-refractivity contribution in [3.63, 3.8) is 0 Å². The fourth-order valence-corrected chi connectivity index (χ4v) is 2.25. The van der Waals surface area contributed by atoms with E-state index in [1.54, 1.807) is 0 Å². The van der Waals surface area contributed by atoms with E-state index in [0.717, 1.165) is 12.1 Å². The van der Waals surface area contributed by atoms with Gasteiger partial charge in [0.15, 0.2) is 0 Å². The summed E-state index contributed by atoms with van der Waals surface area (Å²) in [4.78, 5) is 8.80. The van der Waals surface area contributed by atoms with Crippen LogP contribution in [-0.4, -0.2) is 17.9 Å². The summed E-state index contributed by atoms with van der Waals surface area (Å²) in [6.45, 7) is 0. The third kappa shape index (κ3) is 2.37. The van der Waals surface area contributed by atoms with Gasteiger partial charge in [-0.15, -0.1) is 0 Å². The Bertz CT molecular complexity index is 527. The molecule has 0 aliphatic heterocycles. The minimum atomic E-state index is -4.60. The normalized spacial score (nSPS) is 11.4. The summed E-state index contributed by atoms with van der Waals surface area (Å²) in [7, 11) is -4.60. The van der Waals surface area contributed by atoms with E-state index in [1.807, 2.05) is 0 Å². The largest absolute Gasteiger partial charge is 0.307 e. The van der Waals surface area contributed by atoms with Crippen LogP contribution in [0.5, 0.6) is 0 Å². The number of nitro benzene ring substituents is 1. The Kier molecular flexibility index (Phi) is 3.19. The number of nitro groups is 1. The number of hydrogen-bond donors (Lipinski definition) is 1. The lowest BCUT2D eigenvalue weighted by atomic mass is 10.3. The van der Waals surface area contributed by atoms with E-state index < -0.39 is 30.6 Å². The molecule has 0 aromatic heterocycles. The average molecular weight is 272 g/mol. The van der Waals surface area contributed by atoms with E-state index in [9.17, 15) is 18.5 Å². The molecule has 0 aliphatic carbocycles. The molecule has 0 unspecified atom stereocenters. The Balaban J connectivity index is 3.64. The number of halogens is 2. The monoisotopic (exact) mass is 271 g/mol. The number of rotatable bonds is 2. The first kappa shape index (κ1) is 12.2. The first-order valence-electron chi connectivity index (χ1n) is 3.35. The number of benzene rings is 1. The van der Waals surface area contributed by atoms with Gasteiger partial charge in [-0.3, -0.25) is 14.7 Å². The highest BCUT2D eigenvalue weighted by molar-refractivity contribution is 7.86. The van der Waals surface area contributed by atoms with Gasteiger partial charge in [0, 0.05) is 0 Å². The molecule has 1 N–H and O–H groups in total. The Morgan fingerprint density at radius 1 is 1.33 bits per heavy atom. The third-order valence-corrected chi connectivity index (χ3v) is 3.19. The Morgan fingerprint density at radius 2 is 1.87 bits per heavy atom. The van der Waals surface area contributed by atoms with Crippen LogP contribution in [0.4, 0.5) is 5.69 Å². The molecule has 0 bridgehead atoms. The fourth-order valence-electron chi connectivity index (χ4n) is 0.889. The molecule has 0 atom stereocenters. The van der Waals surface area contributed by atoms with Gasteiger partial charge in [-0.05, 0) is 12.1 Å². The summed E-state index contributed by atoms with van der Waals surface area (Å²) in [5.41, 5.74) is -0.756. The molecule has 6 nitrogen and oxygen atoms in total. The predicted molar refractivity (Wildman–Crippen MR) is 52.9 cm³/mol. The highest BCUT2D eigenvalue weighted by Crippen LogP contribution is 2.36. The molecule has 0 spiro atoms. The van der Waals surface area contributed by atoms with Crippen LogP contribution >= 0.6 is 23.2 Å². The molecular weight excluding hydrogens is 269 g/mol. The van der Waals surface area contributed by atoms with E-state index in [-0.39, 0.29) is 5.02 Å². The first-order valence-corrected chi connectivity index (χ1v) is 5.54. The molecule has 15 heavy (non-hydrogen) atoms. The van der Waals surface area contributed by atoms with Crippen LogP contribution in [0.2, 0.25) is 10.0 Å². The Labute approximate surface area is 94.3 Å². The van der Waals surface area contributed by atoms with Crippen molar-refractivity contribution < 1.29 is 17.9 Å². The summed E-state index contributed by atoms with van der Waals surface area (Å²) in [5, 5.41) is 9.46. The minimum absolute atomic E-state index is 0.308. The van der Waals surface area contributed by atoms with Crippen molar-refractivity contribution in [3.05, 3.63) is 32.3 Å². The lowest BCUT2D eigenvalue weighted by molar-refractivity contribution is -0.384. The van der Waals surface area contributed by atoms with Crippen molar-refractivity contribution in [3.8, 4) is 0 Å². The molecule has 9 heteroatoms. The van der Waals surface area contributed by atoms with Gasteiger partial charge in [0.05, 0.1) is 4.92 Å². The first-order chi connectivity index (χ1) is 6.75. The van der Waals surface area contributed by atoms with Gasteiger partial charge in [-0.1, -0.05) is 23.2 Å². The molecule has 0 aliphatic rings. The summed E-state index contributed by atoms with van der Waals surface area (Å²) >= 11 is 10.9. The molecular formula is C6H3Cl2NO5S. The lowest BCUT2D eigenvalue weighted by Gasteiger charge is -2.02. The second-order valence-electron chi connectivity index (χ2n) is 2.44. The van der Waals surface area contributed by atoms with Crippen molar-refractivity contribution in [2.75, 3.05) is 0 Å². The average Bonchev–Trinajstić information content (AvgIpc) is 2.00. The standard InChI is InChI=1S/C6H3Cl2NO5S/c7-3-1-2-4(15(12,13)14)5(8)6(3)9(10)11/h1-2H,(H,12,13,14). The van der Waals surface area contributed by atoms with E-state index in [0.29, 0.717) is 0 Å². The van der Waals surface area contributed by atoms with Crippen LogP contribution in [-0.2, 0) is 10.1 Å². The van der Waals surface area contributed by atoms with Crippen molar-refractivity contribution in [1.29, 1.82) is 0 Å². The minimum Gasteiger partial charge on any atom is -0.282 e. The van der Waals surface area contributed by atoms with Crippen molar-refractivity contribution in [1.82, 2.24) is 0 Å². The van der Waals surface area contributed by atoms with Gasteiger partial charge in [0.2, 0.25) is 0 Å². The summed E-state index contributed by atoms with van der Waals surface area (Å²) < 4.78 is 30.2. The van der Waals surface area contributed by atoms with Crippen LogP contribution in [0.25, 0.3) is 0 Å². The third-order valence-electron chi connectivity index (χ3n) is 1.49. The molecule has 1 rings (SSSR count). The van der Waals surface area contributed by atoms with Crippen LogP contribution in [0.1, 0.15) is 0 Å². The number of hydrogen-bond acceptors (Lipinski definition) is 4. The van der Waals surface area contributed by atoms with Gasteiger partial charge in [-0.25, -0.2) is 0 Å². The SMILES string of the molecule is O=[N+]([O-])c1c(Cl)ccc(S(=O)(=O)O)c1Cl. The Hall–Kier alpha value is -0.890. The van der Waals surface area contributed by atoms with Crippen LogP contribution in [0.15, 0.2) is 17.0 Å². The van der Waals surface area contributed by atoms with Crippen molar-refractivity contribution in [2.24, 2.45) is 0 Å². The quantitative estimate of drug-likeness (QED) is 0.505. The second-order valence-corrected chi connectivity index (χ2v) is 4.62. The molecule has 0 radical (unpaired) electrons. The highest BCUT2D eigenvalue weighted by Gasteiger charge is 2.26. The maximum atomic E-state index is 10.7. The molecule has 0 fully saturated rings. The van der Waals surface area contributed by atoms with Crippen molar-refractivity contribution >= 4 is 39.0 Å². The zero-order chi connectivity index (χ0) is 11.8.